The molecule has 0 atom stereocenters. The molecule has 1 aliphatic rings. The van der Waals surface area contributed by atoms with E-state index in [4.69, 9.17) is 0 Å². The second kappa shape index (κ2) is 6.65. The Balaban J connectivity index is 1.81. The summed E-state index contributed by atoms with van der Waals surface area (Å²) >= 11 is 0. The molecule has 134 valence electrons. The third kappa shape index (κ3) is 2.78. The summed E-state index contributed by atoms with van der Waals surface area (Å²) in [7, 11) is 0. The van der Waals surface area contributed by atoms with Gasteiger partial charge < -0.3 is 0 Å². The summed E-state index contributed by atoms with van der Waals surface area (Å²) in [6, 6.07) is 26.4. The first kappa shape index (κ1) is 16.8. The maximum Gasteiger partial charge on any atom is -0.00990 e. The predicted molar refractivity (Wildman–Crippen MR) is 122 cm³/mol. The standard InChI is InChI=1S/C28H22/c1-19-11-13-22(14-12-19)28-18-27(20(2)25-9-5-6-10-26(25)28)24-16-15-21-7-3-4-8-23(21)17-24/h3-4,6-18H,2,5H2,1H3. The first-order valence-electron chi connectivity index (χ1n) is 9.79. The van der Waals surface area contributed by atoms with Crippen LogP contribution >= 0.6 is 0 Å². The lowest BCUT2D eigenvalue weighted by Gasteiger charge is -2.15. The first-order chi connectivity index (χ1) is 13.7. The summed E-state index contributed by atoms with van der Waals surface area (Å²) in [5, 5.41) is 4.91. The van der Waals surface area contributed by atoms with E-state index in [1.165, 1.54) is 49.4 Å². The van der Waals surface area contributed by atoms with Gasteiger partial charge in [0.2, 0.25) is 0 Å². The van der Waals surface area contributed by atoms with Crippen LogP contribution in [0.5, 0.6) is 0 Å². The van der Waals surface area contributed by atoms with E-state index in [0.29, 0.717) is 0 Å². The fourth-order valence-electron chi connectivity index (χ4n) is 4.13. The van der Waals surface area contributed by atoms with Gasteiger partial charge in [-0.3, -0.25) is 0 Å². The Hall–Kier alpha value is -3.38. The van der Waals surface area contributed by atoms with Gasteiger partial charge in [0.25, 0.3) is 0 Å². The molecule has 4 aromatic rings. The average Bonchev–Trinajstić information content (AvgIpc) is 2.75. The van der Waals surface area contributed by atoms with E-state index in [9.17, 15) is 0 Å². The smallest absolute Gasteiger partial charge is 0.00990 e. The van der Waals surface area contributed by atoms with Gasteiger partial charge in [-0.1, -0.05) is 91.0 Å². The molecule has 0 heteroatoms. The van der Waals surface area contributed by atoms with E-state index >= 15 is 0 Å². The molecule has 0 aliphatic heterocycles. The molecule has 0 N–H and O–H groups in total. The van der Waals surface area contributed by atoms with Crippen LogP contribution in [0.4, 0.5) is 0 Å². The van der Waals surface area contributed by atoms with Crippen molar-refractivity contribution in [3.8, 4) is 22.3 Å². The van der Waals surface area contributed by atoms with Gasteiger partial charge in [0, 0.05) is 0 Å². The minimum atomic E-state index is 0.962. The lowest BCUT2D eigenvalue weighted by atomic mass is 9.88. The molecule has 0 saturated carbocycles. The van der Waals surface area contributed by atoms with Gasteiger partial charge in [0.1, 0.15) is 0 Å². The maximum atomic E-state index is 4.47. The molecule has 0 radical (unpaired) electrons. The monoisotopic (exact) mass is 358 g/mol. The highest BCUT2D eigenvalue weighted by molar-refractivity contribution is 5.89. The molecular formula is C28H22. The second-order valence-corrected chi connectivity index (χ2v) is 7.55. The Bertz CT molecular complexity index is 1340. The van der Waals surface area contributed by atoms with Crippen molar-refractivity contribution in [2.75, 3.05) is 0 Å². The zero-order valence-electron chi connectivity index (χ0n) is 16.1. The van der Waals surface area contributed by atoms with Crippen molar-refractivity contribution in [2.24, 2.45) is 0 Å². The average molecular weight is 358 g/mol. The summed E-state index contributed by atoms with van der Waals surface area (Å²) in [6.07, 6.45) is 7.75. The molecular weight excluding hydrogens is 336 g/mol. The molecule has 0 heterocycles. The summed E-state index contributed by atoms with van der Waals surface area (Å²) in [5.74, 6) is 0. The maximum absolute atomic E-state index is 4.47. The van der Waals surface area contributed by atoms with Crippen LogP contribution in [-0.2, 0) is 0 Å². The van der Waals surface area contributed by atoms with Crippen molar-refractivity contribution in [2.45, 2.75) is 13.3 Å². The minimum Gasteiger partial charge on any atom is -0.0905 e. The van der Waals surface area contributed by atoms with Crippen LogP contribution in [-0.4, -0.2) is 0 Å². The Morgan fingerprint density at radius 2 is 1.50 bits per heavy atom. The molecule has 1 aliphatic carbocycles. The lowest BCUT2D eigenvalue weighted by molar-refractivity contribution is 1.38. The summed E-state index contributed by atoms with van der Waals surface area (Å²) in [4.78, 5) is 0. The van der Waals surface area contributed by atoms with Crippen LogP contribution in [0, 0.1) is 6.92 Å². The highest BCUT2D eigenvalue weighted by Crippen LogP contribution is 2.29. The van der Waals surface area contributed by atoms with Gasteiger partial charge in [-0.15, -0.1) is 0 Å². The largest absolute Gasteiger partial charge is 0.0905 e. The topological polar surface area (TPSA) is 0 Å². The zero-order chi connectivity index (χ0) is 19.1. The molecule has 0 nitrogen and oxygen atoms in total. The predicted octanol–water partition coefficient (Wildman–Crippen LogP) is 6.09. The Morgan fingerprint density at radius 1 is 0.750 bits per heavy atom. The van der Waals surface area contributed by atoms with Gasteiger partial charge >= 0.3 is 0 Å². The number of allylic oxidation sites excluding steroid dienone is 1. The fraction of sp³-hybridized carbons (Fsp3) is 0.0714. The van der Waals surface area contributed by atoms with Gasteiger partial charge in [0.15, 0.2) is 0 Å². The van der Waals surface area contributed by atoms with E-state index in [0.717, 1.165) is 11.6 Å². The molecule has 0 spiro atoms. The lowest BCUT2D eigenvalue weighted by Crippen LogP contribution is -2.30. The highest BCUT2D eigenvalue weighted by Gasteiger charge is 2.12. The van der Waals surface area contributed by atoms with Gasteiger partial charge in [-0.25, -0.2) is 0 Å². The van der Waals surface area contributed by atoms with Crippen LogP contribution in [0.3, 0.4) is 0 Å². The van der Waals surface area contributed by atoms with Gasteiger partial charge in [-0.2, -0.15) is 0 Å². The van der Waals surface area contributed by atoms with E-state index in [1.54, 1.807) is 0 Å². The summed E-state index contributed by atoms with van der Waals surface area (Å²) < 4.78 is 0. The summed E-state index contributed by atoms with van der Waals surface area (Å²) in [6.45, 7) is 6.61. The first-order valence-corrected chi connectivity index (χ1v) is 9.79. The number of hydrogen-bond donors (Lipinski definition) is 0. The van der Waals surface area contributed by atoms with Crippen LogP contribution in [0.15, 0.2) is 78.9 Å². The Labute approximate surface area is 165 Å². The molecule has 5 rings (SSSR count). The highest BCUT2D eigenvalue weighted by atomic mass is 14.2. The molecule has 0 amide bonds. The number of rotatable bonds is 2. The molecule has 0 saturated heterocycles. The number of aryl methyl sites for hydroxylation is 1. The fourth-order valence-corrected chi connectivity index (χ4v) is 4.13. The summed E-state index contributed by atoms with van der Waals surface area (Å²) in [5.41, 5.74) is 7.53. The van der Waals surface area contributed by atoms with Crippen LogP contribution in [0.2, 0.25) is 0 Å². The van der Waals surface area contributed by atoms with Crippen molar-refractivity contribution in [3.05, 3.63) is 100 Å². The quantitative estimate of drug-likeness (QED) is 0.407. The SMILES string of the molecule is C=c1c(-c2ccc3ccccc3c2)cc(-c2ccc(C)cc2)c2c1=CCC=C2. The van der Waals surface area contributed by atoms with Crippen LogP contribution < -0.4 is 10.4 Å². The van der Waals surface area contributed by atoms with Crippen LogP contribution in [0.25, 0.3) is 51.8 Å². The van der Waals surface area contributed by atoms with Gasteiger partial charge in [0.05, 0.1) is 0 Å². The van der Waals surface area contributed by atoms with E-state index in [-0.39, 0.29) is 0 Å². The number of fused-ring (bicyclic) bond motifs is 2. The number of hydrogen-bond acceptors (Lipinski definition) is 0. The molecule has 0 aromatic heterocycles. The third-order valence-electron chi connectivity index (χ3n) is 5.68. The zero-order valence-corrected chi connectivity index (χ0v) is 16.1. The molecule has 4 aromatic carbocycles. The second-order valence-electron chi connectivity index (χ2n) is 7.55. The normalized spacial score (nSPS) is 12.6. The van der Waals surface area contributed by atoms with Crippen LogP contribution in [0.1, 0.15) is 17.5 Å². The number of benzene rings is 4. The van der Waals surface area contributed by atoms with Crippen molar-refractivity contribution < 1.29 is 0 Å². The van der Waals surface area contributed by atoms with E-state index in [2.05, 4.69) is 105 Å². The minimum absolute atomic E-state index is 0.962. The Kier molecular flexibility index (Phi) is 3.98. The third-order valence-corrected chi connectivity index (χ3v) is 5.68. The van der Waals surface area contributed by atoms with E-state index in [1.807, 2.05) is 0 Å². The van der Waals surface area contributed by atoms with Crippen molar-refractivity contribution in [3.63, 3.8) is 0 Å². The van der Waals surface area contributed by atoms with Gasteiger partial charge in [-0.05, 0) is 74.5 Å². The molecule has 28 heavy (non-hydrogen) atoms. The van der Waals surface area contributed by atoms with Crippen molar-refractivity contribution >= 4 is 29.5 Å². The van der Waals surface area contributed by atoms with Crippen molar-refractivity contribution in [1.29, 1.82) is 0 Å². The molecule has 0 bridgehead atoms. The molecule has 0 unspecified atom stereocenters. The Morgan fingerprint density at radius 3 is 2.32 bits per heavy atom. The van der Waals surface area contributed by atoms with Crippen molar-refractivity contribution in [1.82, 2.24) is 0 Å². The van der Waals surface area contributed by atoms with E-state index < -0.39 is 0 Å². The molecule has 0 fully saturated rings.